The van der Waals surface area contributed by atoms with E-state index in [4.69, 9.17) is 0 Å². The molecule has 0 bridgehead atoms. The summed E-state index contributed by atoms with van der Waals surface area (Å²) >= 11 is 2.32. The van der Waals surface area contributed by atoms with Gasteiger partial charge in [0, 0.05) is 3.57 Å². The molecule has 1 atom stereocenters. The summed E-state index contributed by atoms with van der Waals surface area (Å²) in [5.41, 5.74) is -0.268. The van der Waals surface area contributed by atoms with Gasteiger partial charge in [-0.3, -0.25) is 0 Å². The van der Waals surface area contributed by atoms with Crippen molar-refractivity contribution in [1.29, 1.82) is 0 Å². The highest BCUT2D eigenvalue weighted by molar-refractivity contribution is 14.1. The molecule has 0 spiro atoms. The second kappa shape index (κ2) is 6.81. The number of halogens is 2. The number of primary sulfonamides is 1. The minimum absolute atomic E-state index is 0.282. The molecular formula is C12H19FINO2S. The van der Waals surface area contributed by atoms with Crippen LogP contribution in [0.5, 0.6) is 0 Å². The lowest BCUT2D eigenvalue weighted by Crippen LogP contribution is -2.21. The first-order valence-corrected chi connectivity index (χ1v) is 8.05. The van der Waals surface area contributed by atoms with Crippen LogP contribution in [0.25, 0.3) is 0 Å². The van der Waals surface area contributed by atoms with E-state index in [-0.39, 0.29) is 5.41 Å². The Morgan fingerprint density at radius 2 is 1.56 bits per heavy atom. The minimum atomic E-state index is -3.91. The Balaban J connectivity index is 0.000000360. The smallest absolute Gasteiger partial charge is 0.229 e. The van der Waals surface area contributed by atoms with Crippen molar-refractivity contribution < 1.29 is 12.8 Å². The second-order valence-electron chi connectivity index (χ2n) is 4.89. The molecule has 0 fully saturated rings. The molecule has 0 aromatic heterocycles. The van der Waals surface area contributed by atoms with Gasteiger partial charge in [0.1, 0.15) is 0 Å². The summed E-state index contributed by atoms with van der Waals surface area (Å²) in [7, 11) is -3.91. The van der Waals surface area contributed by atoms with Crippen LogP contribution in [0.3, 0.4) is 0 Å². The summed E-state index contributed by atoms with van der Waals surface area (Å²) in [6.45, 7) is 7.56. The van der Waals surface area contributed by atoms with Crippen LogP contribution < -0.4 is 5.14 Å². The van der Waals surface area contributed by atoms with Crippen LogP contribution in [-0.2, 0) is 15.4 Å². The van der Waals surface area contributed by atoms with E-state index in [1.165, 1.54) is 9.13 Å². The standard InChI is InChI=1S/C10H13I.C2H6FNO2S/c1-10(2,3)8-4-6-9(11)7-5-8;1-2(3)7(4,5)6/h4-7H,1-3H3;2H,1H3,(H2,4,5,6). The van der Waals surface area contributed by atoms with Gasteiger partial charge in [-0.1, -0.05) is 32.9 Å². The normalized spacial score (nSPS) is 13.5. The van der Waals surface area contributed by atoms with E-state index in [1.54, 1.807) is 0 Å². The molecule has 1 aromatic carbocycles. The average molecular weight is 387 g/mol. The second-order valence-corrected chi connectivity index (χ2v) is 7.96. The van der Waals surface area contributed by atoms with E-state index >= 15 is 0 Å². The van der Waals surface area contributed by atoms with Gasteiger partial charge >= 0.3 is 0 Å². The van der Waals surface area contributed by atoms with Crippen molar-refractivity contribution in [3.8, 4) is 0 Å². The number of sulfonamides is 1. The first-order valence-electron chi connectivity index (χ1n) is 5.36. The van der Waals surface area contributed by atoms with E-state index < -0.39 is 15.5 Å². The minimum Gasteiger partial charge on any atom is -0.229 e. The largest absolute Gasteiger partial charge is 0.241 e. The van der Waals surface area contributed by atoms with Crippen molar-refractivity contribution in [2.45, 2.75) is 38.6 Å². The Bertz CT molecular complexity index is 464. The first kappa shape index (κ1) is 17.8. The van der Waals surface area contributed by atoms with Gasteiger partial charge in [-0.2, -0.15) is 0 Å². The molecule has 1 rings (SSSR count). The van der Waals surface area contributed by atoms with Gasteiger partial charge in [0.15, 0.2) is 0 Å². The van der Waals surface area contributed by atoms with Crippen LogP contribution in [-0.4, -0.2) is 13.9 Å². The molecule has 0 aliphatic heterocycles. The number of nitrogens with two attached hydrogens (primary N) is 1. The zero-order valence-electron chi connectivity index (χ0n) is 10.9. The molecule has 18 heavy (non-hydrogen) atoms. The molecule has 0 heterocycles. The zero-order valence-corrected chi connectivity index (χ0v) is 13.9. The van der Waals surface area contributed by atoms with Crippen LogP contribution in [0.1, 0.15) is 33.3 Å². The zero-order chi connectivity index (χ0) is 14.6. The van der Waals surface area contributed by atoms with Crippen molar-refractivity contribution in [3.63, 3.8) is 0 Å². The molecule has 1 unspecified atom stereocenters. The van der Waals surface area contributed by atoms with E-state index in [9.17, 15) is 12.8 Å². The van der Waals surface area contributed by atoms with Crippen molar-refractivity contribution >= 4 is 32.6 Å². The van der Waals surface area contributed by atoms with E-state index in [0.29, 0.717) is 0 Å². The number of alkyl halides is 1. The lowest BCUT2D eigenvalue weighted by molar-refractivity contribution is 0.444. The SMILES string of the molecule is CC(C)(C)c1ccc(I)cc1.CC(F)S(N)(=O)=O. The number of hydrogen-bond acceptors (Lipinski definition) is 2. The Morgan fingerprint density at radius 1 is 1.22 bits per heavy atom. The van der Waals surface area contributed by atoms with Crippen LogP contribution in [0.4, 0.5) is 4.39 Å². The van der Waals surface area contributed by atoms with E-state index in [0.717, 1.165) is 6.92 Å². The summed E-state index contributed by atoms with van der Waals surface area (Å²) in [5.74, 6) is 0. The van der Waals surface area contributed by atoms with Crippen LogP contribution in [0.15, 0.2) is 24.3 Å². The number of hydrogen-bond donors (Lipinski definition) is 1. The summed E-state index contributed by atoms with van der Waals surface area (Å²) < 4.78 is 32.3. The van der Waals surface area contributed by atoms with Crippen LogP contribution in [0.2, 0.25) is 0 Å². The predicted molar refractivity (Wildman–Crippen MR) is 81.5 cm³/mol. The van der Waals surface area contributed by atoms with Gasteiger partial charge in [0.2, 0.25) is 15.5 Å². The third kappa shape index (κ3) is 7.27. The van der Waals surface area contributed by atoms with Crippen LogP contribution in [0, 0.1) is 3.57 Å². The molecule has 6 heteroatoms. The highest BCUT2D eigenvalue weighted by Crippen LogP contribution is 2.22. The summed E-state index contributed by atoms with van der Waals surface area (Å²) in [4.78, 5) is 0. The molecule has 0 radical (unpaired) electrons. The Hall–Kier alpha value is -0.210. The summed E-state index contributed by atoms with van der Waals surface area (Å²) in [5, 5.41) is 4.28. The Morgan fingerprint density at radius 3 is 1.78 bits per heavy atom. The topological polar surface area (TPSA) is 60.2 Å². The van der Waals surface area contributed by atoms with E-state index in [2.05, 4.69) is 72.8 Å². The third-order valence-corrected chi connectivity index (χ3v) is 3.79. The molecule has 0 saturated carbocycles. The van der Waals surface area contributed by atoms with Gasteiger partial charge in [-0.15, -0.1) is 0 Å². The molecule has 0 saturated heterocycles. The van der Waals surface area contributed by atoms with Gasteiger partial charge < -0.3 is 0 Å². The summed E-state index contributed by atoms with van der Waals surface area (Å²) in [6, 6.07) is 8.70. The average Bonchev–Trinajstić information content (AvgIpc) is 2.16. The molecule has 0 amide bonds. The first-order chi connectivity index (χ1) is 7.94. The Labute approximate surface area is 122 Å². The number of rotatable bonds is 1. The van der Waals surface area contributed by atoms with Gasteiger partial charge in [-0.05, 0) is 52.6 Å². The highest BCUT2D eigenvalue weighted by atomic mass is 127. The Kier molecular flexibility index (Phi) is 6.73. The molecule has 1 aromatic rings. The summed E-state index contributed by atoms with van der Waals surface area (Å²) in [6.07, 6.45) is 0. The van der Waals surface area contributed by atoms with Crippen molar-refractivity contribution in [3.05, 3.63) is 33.4 Å². The van der Waals surface area contributed by atoms with E-state index in [1.807, 2.05) is 0 Å². The monoisotopic (exact) mass is 387 g/mol. The van der Waals surface area contributed by atoms with Gasteiger partial charge in [0.25, 0.3) is 0 Å². The molecule has 0 aliphatic rings. The quantitative estimate of drug-likeness (QED) is 0.753. The molecular weight excluding hydrogens is 368 g/mol. The van der Waals surface area contributed by atoms with Crippen molar-refractivity contribution in [1.82, 2.24) is 0 Å². The molecule has 3 nitrogen and oxygen atoms in total. The fourth-order valence-electron chi connectivity index (χ4n) is 0.950. The fourth-order valence-corrected chi connectivity index (χ4v) is 1.31. The van der Waals surface area contributed by atoms with Gasteiger partial charge in [-0.25, -0.2) is 17.9 Å². The number of benzene rings is 1. The van der Waals surface area contributed by atoms with Crippen molar-refractivity contribution in [2.75, 3.05) is 0 Å². The molecule has 0 aliphatic carbocycles. The maximum absolute atomic E-state index is 11.5. The van der Waals surface area contributed by atoms with Crippen LogP contribution >= 0.6 is 22.6 Å². The maximum atomic E-state index is 11.5. The fraction of sp³-hybridized carbons (Fsp3) is 0.500. The molecule has 104 valence electrons. The van der Waals surface area contributed by atoms with Gasteiger partial charge in [0.05, 0.1) is 0 Å². The lowest BCUT2D eigenvalue weighted by atomic mass is 9.87. The molecule has 2 N–H and O–H groups in total. The van der Waals surface area contributed by atoms with Crippen molar-refractivity contribution in [2.24, 2.45) is 5.14 Å². The predicted octanol–water partition coefficient (Wildman–Crippen LogP) is 3.18. The lowest BCUT2D eigenvalue weighted by Gasteiger charge is -2.18. The highest BCUT2D eigenvalue weighted by Gasteiger charge is 2.12. The third-order valence-electron chi connectivity index (χ3n) is 2.16. The maximum Gasteiger partial charge on any atom is 0.241 e.